The van der Waals surface area contributed by atoms with Crippen LogP contribution in [0, 0.1) is 5.92 Å². The van der Waals surface area contributed by atoms with Crippen molar-refractivity contribution in [3.63, 3.8) is 0 Å². The second-order valence-electron chi connectivity index (χ2n) is 3.62. The van der Waals surface area contributed by atoms with Gasteiger partial charge in [-0.1, -0.05) is 6.08 Å². The first kappa shape index (κ1) is 9.75. The Morgan fingerprint density at radius 2 is 2.42 bits per heavy atom. The Hall–Kier alpha value is -0.340. The van der Waals surface area contributed by atoms with Crippen molar-refractivity contribution in [2.24, 2.45) is 11.7 Å². The third kappa shape index (κ3) is 2.95. The fourth-order valence-corrected chi connectivity index (χ4v) is 1.82. The molecule has 0 aromatic rings. The van der Waals surface area contributed by atoms with Crippen molar-refractivity contribution in [1.82, 2.24) is 4.90 Å². The number of nitrogens with zero attached hydrogens (tertiary/aromatic N) is 1. The first-order valence-electron chi connectivity index (χ1n) is 4.90. The molecule has 2 heteroatoms. The molecule has 12 heavy (non-hydrogen) atoms. The molecule has 1 saturated heterocycles. The number of rotatable bonds is 4. The van der Waals surface area contributed by atoms with Crippen LogP contribution in [0.5, 0.6) is 0 Å². The molecule has 1 aliphatic heterocycles. The van der Waals surface area contributed by atoms with Crippen molar-refractivity contribution in [1.29, 1.82) is 0 Å². The molecule has 1 aliphatic rings. The second kappa shape index (κ2) is 5.33. The highest BCUT2D eigenvalue weighted by molar-refractivity contribution is 4.76. The lowest BCUT2D eigenvalue weighted by Gasteiger charge is -2.31. The average Bonchev–Trinajstić information content (AvgIpc) is 2.15. The van der Waals surface area contributed by atoms with Crippen LogP contribution in [-0.4, -0.2) is 31.1 Å². The summed E-state index contributed by atoms with van der Waals surface area (Å²) in [5, 5.41) is 0. The number of hydrogen-bond acceptors (Lipinski definition) is 2. The van der Waals surface area contributed by atoms with Crippen LogP contribution >= 0.6 is 0 Å². The largest absolute Gasteiger partial charge is 0.330 e. The molecule has 0 bridgehead atoms. The molecule has 1 atom stereocenters. The van der Waals surface area contributed by atoms with Crippen molar-refractivity contribution < 1.29 is 0 Å². The Morgan fingerprint density at radius 1 is 1.58 bits per heavy atom. The van der Waals surface area contributed by atoms with Gasteiger partial charge in [0.05, 0.1) is 0 Å². The van der Waals surface area contributed by atoms with Gasteiger partial charge in [0.15, 0.2) is 0 Å². The Kier molecular flexibility index (Phi) is 4.33. The minimum atomic E-state index is 0.739. The summed E-state index contributed by atoms with van der Waals surface area (Å²) in [7, 11) is 0. The summed E-state index contributed by atoms with van der Waals surface area (Å²) in [6, 6.07) is 0. The molecule has 1 rings (SSSR count). The molecule has 1 heterocycles. The van der Waals surface area contributed by atoms with Crippen molar-refractivity contribution in [3.8, 4) is 0 Å². The van der Waals surface area contributed by atoms with Gasteiger partial charge in [-0.25, -0.2) is 0 Å². The van der Waals surface area contributed by atoms with Gasteiger partial charge in [-0.3, -0.25) is 0 Å². The summed E-state index contributed by atoms with van der Waals surface area (Å²) in [6.07, 6.45) is 5.74. The van der Waals surface area contributed by atoms with Gasteiger partial charge in [0, 0.05) is 13.1 Å². The SMILES string of the molecule is C=CCCN1CCCC(CN)C1. The van der Waals surface area contributed by atoms with Crippen LogP contribution in [0.15, 0.2) is 12.7 Å². The van der Waals surface area contributed by atoms with Crippen LogP contribution in [0.1, 0.15) is 19.3 Å². The van der Waals surface area contributed by atoms with E-state index in [1.165, 1.54) is 32.5 Å². The molecular formula is C10H20N2. The van der Waals surface area contributed by atoms with E-state index in [-0.39, 0.29) is 0 Å². The van der Waals surface area contributed by atoms with Gasteiger partial charge in [0.2, 0.25) is 0 Å². The highest BCUT2D eigenvalue weighted by atomic mass is 15.1. The van der Waals surface area contributed by atoms with Gasteiger partial charge >= 0.3 is 0 Å². The predicted octanol–water partition coefficient (Wildman–Crippen LogP) is 1.23. The van der Waals surface area contributed by atoms with E-state index in [2.05, 4.69) is 11.5 Å². The molecule has 0 amide bonds. The third-order valence-electron chi connectivity index (χ3n) is 2.59. The summed E-state index contributed by atoms with van der Waals surface area (Å²) in [5.41, 5.74) is 5.65. The fraction of sp³-hybridized carbons (Fsp3) is 0.800. The van der Waals surface area contributed by atoms with Crippen LogP contribution < -0.4 is 5.73 Å². The van der Waals surface area contributed by atoms with Gasteiger partial charge < -0.3 is 10.6 Å². The normalized spacial score (nSPS) is 25.6. The van der Waals surface area contributed by atoms with Gasteiger partial charge in [-0.05, 0) is 38.3 Å². The van der Waals surface area contributed by atoms with Crippen molar-refractivity contribution in [3.05, 3.63) is 12.7 Å². The molecule has 0 radical (unpaired) electrons. The lowest BCUT2D eigenvalue weighted by atomic mass is 9.98. The second-order valence-corrected chi connectivity index (χ2v) is 3.62. The molecule has 2 nitrogen and oxygen atoms in total. The minimum absolute atomic E-state index is 0.739. The molecule has 0 aromatic heterocycles. The van der Waals surface area contributed by atoms with Gasteiger partial charge in [0.1, 0.15) is 0 Å². The van der Waals surface area contributed by atoms with Crippen molar-refractivity contribution >= 4 is 0 Å². The smallest absolute Gasteiger partial charge is 0.00218 e. The highest BCUT2D eigenvalue weighted by Gasteiger charge is 2.17. The van der Waals surface area contributed by atoms with Gasteiger partial charge in [-0.2, -0.15) is 0 Å². The van der Waals surface area contributed by atoms with E-state index >= 15 is 0 Å². The van der Waals surface area contributed by atoms with Crippen LogP contribution in [0.25, 0.3) is 0 Å². The molecule has 0 spiro atoms. The maximum absolute atomic E-state index is 5.65. The summed E-state index contributed by atoms with van der Waals surface area (Å²) in [6.45, 7) is 8.20. The number of hydrogen-bond donors (Lipinski definition) is 1. The van der Waals surface area contributed by atoms with Crippen LogP contribution in [0.3, 0.4) is 0 Å². The molecule has 1 fully saturated rings. The quantitative estimate of drug-likeness (QED) is 0.640. The lowest BCUT2D eigenvalue weighted by molar-refractivity contribution is 0.181. The summed E-state index contributed by atoms with van der Waals surface area (Å²) < 4.78 is 0. The first-order valence-corrected chi connectivity index (χ1v) is 4.90. The van der Waals surface area contributed by atoms with E-state index in [1.54, 1.807) is 0 Å². The molecule has 70 valence electrons. The number of nitrogens with two attached hydrogens (primary N) is 1. The van der Waals surface area contributed by atoms with E-state index in [4.69, 9.17) is 5.73 Å². The molecule has 0 saturated carbocycles. The summed E-state index contributed by atoms with van der Waals surface area (Å²) >= 11 is 0. The van der Waals surface area contributed by atoms with Gasteiger partial charge in [0.25, 0.3) is 0 Å². The third-order valence-corrected chi connectivity index (χ3v) is 2.59. The topological polar surface area (TPSA) is 29.3 Å². The Bertz CT molecular complexity index is 134. The molecule has 2 N–H and O–H groups in total. The van der Waals surface area contributed by atoms with E-state index in [9.17, 15) is 0 Å². The first-order chi connectivity index (χ1) is 5.86. The summed E-state index contributed by atoms with van der Waals surface area (Å²) in [5.74, 6) is 0.739. The zero-order chi connectivity index (χ0) is 8.81. The van der Waals surface area contributed by atoms with E-state index < -0.39 is 0 Å². The average molecular weight is 168 g/mol. The van der Waals surface area contributed by atoms with Crippen molar-refractivity contribution in [2.75, 3.05) is 26.2 Å². The fourth-order valence-electron chi connectivity index (χ4n) is 1.82. The Morgan fingerprint density at radius 3 is 3.08 bits per heavy atom. The molecule has 0 aliphatic carbocycles. The van der Waals surface area contributed by atoms with Crippen LogP contribution in [-0.2, 0) is 0 Å². The lowest BCUT2D eigenvalue weighted by Crippen LogP contribution is -2.38. The Balaban J connectivity index is 2.20. The predicted molar refractivity (Wildman–Crippen MR) is 53.0 cm³/mol. The highest BCUT2D eigenvalue weighted by Crippen LogP contribution is 2.14. The van der Waals surface area contributed by atoms with Gasteiger partial charge in [-0.15, -0.1) is 6.58 Å². The maximum atomic E-state index is 5.65. The minimum Gasteiger partial charge on any atom is -0.330 e. The van der Waals surface area contributed by atoms with E-state index in [1.807, 2.05) is 6.08 Å². The van der Waals surface area contributed by atoms with E-state index in [0.29, 0.717) is 0 Å². The summed E-state index contributed by atoms with van der Waals surface area (Å²) in [4.78, 5) is 2.50. The number of likely N-dealkylation sites (tertiary alicyclic amines) is 1. The standard InChI is InChI=1S/C10H20N2/c1-2-3-6-12-7-4-5-10(8-11)9-12/h2,10H,1,3-9,11H2. The molecule has 0 aromatic carbocycles. The Labute approximate surface area is 75.4 Å². The van der Waals surface area contributed by atoms with E-state index in [0.717, 1.165) is 18.9 Å². The van der Waals surface area contributed by atoms with Crippen LogP contribution in [0.2, 0.25) is 0 Å². The van der Waals surface area contributed by atoms with Crippen LogP contribution in [0.4, 0.5) is 0 Å². The zero-order valence-corrected chi connectivity index (χ0v) is 7.84. The monoisotopic (exact) mass is 168 g/mol. The molecule has 1 unspecified atom stereocenters. The zero-order valence-electron chi connectivity index (χ0n) is 7.84. The number of piperidine rings is 1. The van der Waals surface area contributed by atoms with Crippen molar-refractivity contribution in [2.45, 2.75) is 19.3 Å². The maximum Gasteiger partial charge on any atom is 0.00218 e. The molecular weight excluding hydrogens is 148 g/mol.